The maximum absolute atomic E-state index is 9.29. The third-order valence-corrected chi connectivity index (χ3v) is 5.71. The number of rotatable bonds is 21. The smallest absolute Gasteiger partial charge is 0.102 e. The number of halogens is 1. The van der Waals surface area contributed by atoms with Crippen LogP contribution in [0.1, 0.15) is 96.8 Å². The van der Waals surface area contributed by atoms with Crippen LogP contribution in [0.5, 0.6) is 0 Å². The lowest BCUT2D eigenvalue weighted by atomic mass is 10.0. The Balaban J connectivity index is 0. The second-order valence-electron chi connectivity index (χ2n) is 8.00. The van der Waals surface area contributed by atoms with E-state index in [1.165, 1.54) is 83.5 Å². The van der Waals surface area contributed by atoms with Gasteiger partial charge in [-0.3, -0.25) is 0 Å². The molecule has 0 aromatic carbocycles. The van der Waals surface area contributed by atoms with Gasteiger partial charge < -0.3 is 36.8 Å². The average Bonchev–Trinajstić information content (AvgIpc) is 2.63. The minimum absolute atomic E-state index is 0. The molecule has 5 heteroatoms. The van der Waals surface area contributed by atoms with Crippen molar-refractivity contribution in [3.05, 3.63) is 0 Å². The summed E-state index contributed by atoms with van der Waals surface area (Å²) in [4.78, 5) is 0. The molecule has 0 aliphatic heterocycles. The maximum atomic E-state index is 9.29. The van der Waals surface area contributed by atoms with E-state index in [2.05, 4.69) is 6.92 Å². The van der Waals surface area contributed by atoms with Crippen molar-refractivity contribution in [2.24, 2.45) is 0 Å². The van der Waals surface area contributed by atoms with Crippen LogP contribution in [0, 0.1) is 0 Å². The first-order valence-electron chi connectivity index (χ1n) is 11.4. The SMILES string of the molecule is CCCCCCCCCCCCCCCC[N+](CCO)(CCO)CCO.[Br-]. The van der Waals surface area contributed by atoms with E-state index in [1.807, 2.05) is 0 Å². The summed E-state index contributed by atoms with van der Waals surface area (Å²) in [5.41, 5.74) is 0. The number of aliphatic hydroxyl groups excluding tert-OH is 3. The Morgan fingerprint density at radius 3 is 1.04 bits per heavy atom. The molecule has 166 valence electrons. The molecule has 0 radical (unpaired) electrons. The molecule has 0 bridgehead atoms. The molecule has 0 fully saturated rings. The van der Waals surface area contributed by atoms with Crippen LogP contribution >= 0.6 is 0 Å². The minimum Gasteiger partial charge on any atom is -1.00 e. The van der Waals surface area contributed by atoms with Gasteiger partial charge in [0, 0.05) is 0 Å². The number of hydrogen-bond donors (Lipinski definition) is 3. The van der Waals surface area contributed by atoms with Gasteiger partial charge in [-0.05, 0) is 12.8 Å². The van der Waals surface area contributed by atoms with Crippen molar-refractivity contribution >= 4 is 0 Å². The molecule has 0 aliphatic rings. The first-order chi connectivity index (χ1) is 12.7. The van der Waals surface area contributed by atoms with Crippen LogP contribution in [-0.4, -0.2) is 65.8 Å². The van der Waals surface area contributed by atoms with Crippen molar-refractivity contribution in [1.29, 1.82) is 0 Å². The Bertz CT molecular complexity index is 263. The predicted molar refractivity (Wildman–Crippen MR) is 111 cm³/mol. The quantitative estimate of drug-likeness (QED) is 0.181. The van der Waals surface area contributed by atoms with Gasteiger partial charge in [0.25, 0.3) is 0 Å². The summed E-state index contributed by atoms with van der Waals surface area (Å²) in [5, 5.41) is 27.9. The lowest BCUT2D eigenvalue weighted by Gasteiger charge is -2.37. The fourth-order valence-corrected chi connectivity index (χ4v) is 3.95. The van der Waals surface area contributed by atoms with Gasteiger partial charge in [0.05, 0.1) is 26.4 Å². The van der Waals surface area contributed by atoms with E-state index in [0.29, 0.717) is 24.1 Å². The summed E-state index contributed by atoms with van der Waals surface area (Å²) in [5.74, 6) is 0. The van der Waals surface area contributed by atoms with Crippen LogP contribution in [0.15, 0.2) is 0 Å². The fourth-order valence-electron chi connectivity index (χ4n) is 3.95. The summed E-state index contributed by atoms with van der Waals surface area (Å²) in [6.45, 7) is 5.52. The van der Waals surface area contributed by atoms with E-state index >= 15 is 0 Å². The van der Waals surface area contributed by atoms with E-state index in [1.54, 1.807) is 0 Å². The molecule has 0 saturated heterocycles. The highest BCUT2D eigenvalue weighted by Crippen LogP contribution is 2.14. The molecule has 0 rings (SSSR count). The second kappa shape index (κ2) is 22.6. The predicted octanol–water partition coefficient (Wildman–Crippen LogP) is 1.27. The highest BCUT2D eigenvalue weighted by atomic mass is 79.9. The highest BCUT2D eigenvalue weighted by Gasteiger charge is 2.25. The molecule has 0 spiro atoms. The van der Waals surface area contributed by atoms with Gasteiger partial charge in [-0.2, -0.15) is 0 Å². The molecule has 3 N–H and O–H groups in total. The first kappa shape index (κ1) is 29.5. The van der Waals surface area contributed by atoms with Crippen LogP contribution in [0.3, 0.4) is 0 Å². The van der Waals surface area contributed by atoms with Gasteiger partial charge in [0.1, 0.15) is 19.6 Å². The molecule has 0 saturated carbocycles. The van der Waals surface area contributed by atoms with Crippen molar-refractivity contribution in [2.45, 2.75) is 96.8 Å². The highest BCUT2D eigenvalue weighted by molar-refractivity contribution is 4.51. The molecule has 4 nitrogen and oxygen atoms in total. The summed E-state index contributed by atoms with van der Waals surface area (Å²) < 4.78 is 0.655. The number of quaternary nitrogens is 1. The third kappa shape index (κ3) is 18.1. The van der Waals surface area contributed by atoms with E-state index in [0.717, 1.165) is 13.0 Å². The van der Waals surface area contributed by atoms with E-state index in [4.69, 9.17) is 0 Å². The summed E-state index contributed by atoms with van der Waals surface area (Å²) in [7, 11) is 0. The van der Waals surface area contributed by atoms with Gasteiger partial charge in [-0.15, -0.1) is 0 Å². The van der Waals surface area contributed by atoms with Crippen LogP contribution in [-0.2, 0) is 0 Å². The number of nitrogens with zero attached hydrogens (tertiary/aromatic N) is 1. The van der Waals surface area contributed by atoms with Crippen molar-refractivity contribution in [3.63, 3.8) is 0 Å². The Kier molecular flexibility index (Phi) is 24.7. The van der Waals surface area contributed by atoms with Gasteiger partial charge in [0.2, 0.25) is 0 Å². The zero-order valence-electron chi connectivity index (χ0n) is 18.0. The van der Waals surface area contributed by atoms with E-state index in [-0.39, 0.29) is 36.8 Å². The Hall–Kier alpha value is 0.320. The van der Waals surface area contributed by atoms with Crippen molar-refractivity contribution < 1.29 is 36.8 Å². The summed E-state index contributed by atoms with van der Waals surface area (Å²) >= 11 is 0. The van der Waals surface area contributed by atoms with Crippen LogP contribution in [0.25, 0.3) is 0 Å². The van der Waals surface area contributed by atoms with Crippen LogP contribution < -0.4 is 17.0 Å². The summed E-state index contributed by atoms with van der Waals surface area (Å²) in [6.07, 6.45) is 19.0. The average molecular weight is 455 g/mol. The standard InChI is InChI=1S/C22H48NO3.BrH/c1-2-3-4-5-6-7-8-9-10-11-12-13-14-15-16-23(17-20-24,18-21-25)19-22-26;/h24-26H,2-22H2,1H3;1H/q+1;/p-1. The van der Waals surface area contributed by atoms with Gasteiger partial charge in [-0.25, -0.2) is 0 Å². The monoisotopic (exact) mass is 453 g/mol. The van der Waals surface area contributed by atoms with Crippen molar-refractivity contribution in [1.82, 2.24) is 0 Å². The van der Waals surface area contributed by atoms with Crippen LogP contribution in [0.2, 0.25) is 0 Å². The minimum atomic E-state index is 0. The zero-order chi connectivity index (χ0) is 19.3. The molecule has 0 aromatic rings. The first-order valence-corrected chi connectivity index (χ1v) is 11.4. The molecule has 0 amide bonds. The normalized spacial score (nSPS) is 11.6. The molecule has 0 aromatic heterocycles. The molecule has 0 aliphatic carbocycles. The van der Waals surface area contributed by atoms with Gasteiger partial charge >= 0.3 is 0 Å². The lowest BCUT2D eigenvalue weighted by molar-refractivity contribution is -0.929. The Morgan fingerprint density at radius 1 is 0.444 bits per heavy atom. The largest absolute Gasteiger partial charge is 1.00 e. The van der Waals surface area contributed by atoms with E-state index in [9.17, 15) is 15.3 Å². The van der Waals surface area contributed by atoms with E-state index < -0.39 is 0 Å². The number of aliphatic hydroxyl groups is 3. The van der Waals surface area contributed by atoms with Crippen molar-refractivity contribution in [2.75, 3.05) is 46.0 Å². The topological polar surface area (TPSA) is 60.7 Å². The van der Waals surface area contributed by atoms with Gasteiger partial charge in [0.15, 0.2) is 0 Å². The fraction of sp³-hybridized carbons (Fsp3) is 1.00. The summed E-state index contributed by atoms with van der Waals surface area (Å²) in [6, 6.07) is 0. The molecule has 0 atom stereocenters. The third-order valence-electron chi connectivity index (χ3n) is 5.71. The molecule has 27 heavy (non-hydrogen) atoms. The zero-order valence-corrected chi connectivity index (χ0v) is 19.6. The van der Waals surface area contributed by atoms with Crippen molar-refractivity contribution in [3.8, 4) is 0 Å². The molecule has 0 heterocycles. The lowest BCUT2D eigenvalue weighted by Crippen LogP contribution is -3.00. The Labute approximate surface area is 179 Å². The maximum Gasteiger partial charge on any atom is 0.102 e. The molecule has 0 unspecified atom stereocenters. The second-order valence-corrected chi connectivity index (χ2v) is 8.00. The number of unbranched alkanes of at least 4 members (excludes halogenated alkanes) is 13. The van der Waals surface area contributed by atoms with Gasteiger partial charge in [-0.1, -0.05) is 84.0 Å². The molecular weight excluding hydrogens is 406 g/mol. The number of hydrogen-bond acceptors (Lipinski definition) is 3. The Morgan fingerprint density at radius 2 is 0.741 bits per heavy atom. The molecular formula is C22H48BrNO3. The van der Waals surface area contributed by atoms with Crippen LogP contribution in [0.4, 0.5) is 0 Å².